The summed E-state index contributed by atoms with van der Waals surface area (Å²) in [7, 11) is 1.42. The molecule has 24 heavy (non-hydrogen) atoms. The number of carboxylic acids is 1. The molecule has 0 bridgehead atoms. The van der Waals surface area contributed by atoms with Gasteiger partial charge in [0, 0.05) is 13.5 Å². The third-order valence-electron chi connectivity index (χ3n) is 3.75. The Morgan fingerprint density at radius 2 is 1.71 bits per heavy atom. The van der Waals surface area contributed by atoms with Gasteiger partial charge in [0.2, 0.25) is 0 Å². The van der Waals surface area contributed by atoms with Gasteiger partial charge in [-0.2, -0.15) is 0 Å². The second-order valence-corrected chi connectivity index (χ2v) is 5.62. The molecule has 2 aromatic rings. The maximum absolute atomic E-state index is 12.4. The topological polar surface area (TPSA) is 75.6 Å². The van der Waals surface area contributed by atoms with Crippen LogP contribution in [0.3, 0.4) is 0 Å². The normalized spacial score (nSPS) is 13.1. The maximum atomic E-state index is 12.4. The second-order valence-electron chi connectivity index (χ2n) is 5.62. The van der Waals surface area contributed by atoms with Crippen molar-refractivity contribution in [3.63, 3.8) is 0 Å². The minimum Gasteiger partial charge on any atom is -0.480 e. The number of ether oxygens (including phenoxy) is 1. The van der Waals surface area contributed by atoms with E-state index in [0.29, 0.717) is 5.56 Å². The summed E-state index contributed by atoms with van der Waals surface area (Å²) in [4.78, 5) is 23.9. The van der Waals surface area contributed by atoms with Crippen molar-refractivity contribution in [3.05, 3.63) is 71.3 Å². The number of hydrogen-bond acceptors (Lipinski definition) is 3. The number of carbonyl (C=O) groups excluding carboxylic acids is 1. The van der Waals surface area contributed by atoms with Gasteiger partial charge in [-0.1, -0.05) is 60.2 Å². The highest BCUT2D eigenvalue weighted by Gasteiger charge is 2.26. The molecule has 0 aliphatic heterocycles. The van der Waals surface area contributed by atoms with Crippen molar-refractivity contribution in [2.24, 2.45) is 0 Å². The first-order valence-corrected chi connectivity index (χ1v) is 7.67. The zero-order valence-corrected chi connectivity index (χ0v) is 13.7. The number of aryl methyl sites for hydroxylation is 1. The van der Waals surface area contributed by atoms with E-state index in [1.807, 2.05) is 37.3 Å². The SMILES string of the molecule is CO[C@@H](C(=O)N[C@@H](Cc1ccc(C)cc1)C(=O)O)c1ccccc1. The Balaban J connectivity index is 2.10. The third kappa shape index (κ3) is 4.67. The summed E-state index contributed by atoms with van der Waals surface area (Å²) in [5, 5.41) is 12.0. The van der Waals surface area contributed by atoms with Crippen LogP contribution in [0.25, 0.3) is 0 Å². The molecule has 2 aromatic carbocycles. The van der Waals surface area contributed by atoms with E-state index in [9.17, 15) is 14.7 Å². The smallest absolute Gasteiger partial charge is 0.326 e. The van der Waals surface area contributed by atoms with Crippen LogP contribution in [0.1, 0.15) is 22.8 Å². The summed E-state index contributed by atoms with van der Waals surface area (Å²) in [5.74, 6) is -1.55. The number of aliphatic carboxylic acids is 1. The van der Waals surface area contributed by atoms with E-state index in [1.54, 1.807) is 24.3 Å². The molecule has 0 saturated heterocycles. The fraction of sp³-hybridized carbons (Fsp3) is 0.263. The first-order valence-electron chi connectivity index (χ1n) is 7.67. The van der Waals surface area contributed by atoms with Crippen LogP contribution in [0.5, 0.6) is 0 Å². The summed E-state index contributed by atoms with van der Waals surface area (Å²) < 4.78 is 5.24. The molecule has 5 nitrogen and oxygen atoms in total. The molecule has 0 heterocycles. The largest absolute Gasteiger partial charge is 0.480 e. The lowest BCUT2D eigenvalue weighted by Gasteiger charge is -2.20. The Morgan fingerprint density at radius 1 is 1.08 bits per heavy atom. The van der Waals surface area contributed by atoms with E-state index in [0.717, 1.165) is 11.1 Å². The minimum absolute atomic E-state index is 0.215. The molecule has 0 unspecified atom stereocenters. The molecular formula is C19H21NO4. The highest BCUT2D eigenvalue weighted by molar-refractivity contribution is 5.87. The van der Waals surface area contributed by atoms with Crippen LogP contribution in [0, 0.1) is 6.92 Å². The monoisotopic (exact) mass is 327 g/mol. The van der Waals surface area contributed by atoms with Crippen LogP contribution in [0.2, 0.25) is 0 Å². The summed E-state index contributed by atoms with van der Waals surface area (Å²) in [6, 6.07) is 15.5. The first kappa shape index (κ1) is 17.7. The average Bonchev–Trinajstić information content (AvgIpc) is 2.57. The van der Waals surface area contributed by atoms with Crippen molar-refractivity contribution in [2.75, 3.05) is 7.11 Å². The highest BCUT2D eigenvalue weighted by Crippen LogP contribution is 2.17. The average molecular weight is 327 g/mol. The van der Waals surface area contributed by atoms with Crippen LogP contribution in [-0.2, 0) is 20.7 Å². The van der Waals surface area contributed by atoms with E-state index in [-0.39, 0.29) is 6.42 Å². The lowest BCUT2D eigenvalue weighted by molar-refractivity contribution is -0.144. The number of rotatable bonds is 7. The fourth-order valence-corrected chi connectivity index (χ4v) is 2.43. The number of carbonyl (C=O) groups is 2. The molecule has 126 valence electrons. The van der Waals surface area contributed by atoms with Crippen molar-refractivity contribution in [1.82, 2.24) is 5.32 Å². The van der Waals surface area contributed by atoms with Crippen LogP contribution >= 0.6 is 0 Å². The van der Waals surface area contributed by atoms with Crippen molar-refractivity contribution in [3.8, 4) is 0 Å². The number of benzene rings is 2. The Bertz CT molecular complexity index is 682. The molecule has 2 rings (SSSR count). The lowest BCUT2D eigenvalue weighted by atomic mass is 10.0. The van der Waals surface area contributed by atoms with E-state index in [4.69, 9.17) is 4.74 Å². The van der Waals surface area contributed by atoms with Crippen molar-refractivity contribution < 1.29 is 19.4 Å². The zero-order valence-electron chi connectivity index (χ0n) is 13.7. The summed E-state index contributed by atoms with van der Waals surface area (Å²) in [6.07, 6.45) is -0.627. The molecule has 1 amide bonds. The predicted octanol–water partition coefficient (Wildman–Crippen LogP) is 2.49. The molecule has 0 saturated carbocycles. The Kier molecular flexibility index (Phi) is 6.09. The molecule has 0 fully saturated rings. The van der Waals surface area contributed by atoms with Crippen LogP contribution < -0.4 is 5.32 Å². The lowest BCUT2D eigenvalue weighted by Crippen LogP contribution is -2.44. The van der Waals surface area contributed by atoms with Gasteiger partial charge < -0.3 is 15.2 Å². The van der Waals surface area contributed by atoms with Crippen molar-refractivity contribution in [1.29, 1.82) is 0 Å². The van der Waals surface area contributed by atoms with Gasteiger partial charge in [-0.05, 0) is 18.1 Å². The minimum atomic E-state index is -1.08. The number of nitrogens with one attached hydrogen (secondary N) is 1. The summed E-state index contributed by atoms with van der Waals surface area (Å²) in [5.41, 5.74) is 2.62. The zero-order chi connectivity index (χ0) is 17.5. The van der Waals surface area contributed by atoms with E-state index in [2.05, 4.69) is 5.32 Å². The summed E-state index contributed by atoms with van der Waals surface area (Å²) >= 11 is 0. The van der Waals surface area contributed by atoms with Crippen molar-refractivity contribution in [2.45, 2.75) is 25.5 Å². The highest BCUT2D eigenvalue weighted by atomic mass is 16.5. The van der Waals surface area contributed by atoms with Gasteiger partial charge in [0.05, 0.1) is 0 Å². The standard InChI is InChI=1S/C19H21NO4/c1-13-8-10-14(11-9-13)12-16(19(22)23)20-18(21)17(24-2)15-6-4-3-5-7-15/h3-11,16-17H,12H2,1-2H3,(H,20,21)(H,22,23)/t16-,17+/m0/s1. The van der Waals surface area contributed by atoms with Gasteiger partial charge in [-0.15, -0.1) is 0 Å². The third-order valence-corrected chi connectivity index (χ3v) is 3.75. The van der Waals surface area contributed by atoms with E-state index >= 15 is 0 Å². The molecule has 2 N–H and O–H groups in total. The Morgan fingerprint density at radius 3 is 2.25 bits per heavy atom. The maximum Gasteiger partial charge on any atom is 0.326 e. The number of amides is 1. The van der Waals surface area contributed by atoms with Gasteiger partial charge in [0.25, 0.3) is 5.91 Å². The number of carboxylic acid groups (broad SMARTS) is 1. The fourth-order valence-electron chi connectivity index (χ4n) is 2.43. The second kappa shape index (κ2) is 8.26. The van der Waals surface area contributed by atoms with Gasteiger partial charge in [-0.3, -0.25) is 4.79 Å². The molecule has 0 aliphatic carbocycles. The molecule has 5 heteroatoms. The van der Waals surface area contributed by atoms with Crippen LogP contribution in [-0.4, -0.2) is 30.1 Å². The predicted molar refractivity (Wildman–Crippen MR) is 90.6 cm³/mol. The molecule has 0 aromatic heterocycles. The molecule has 0 spiro atoms. The quantitative estimate of drug-likeness (QED) is 0.819. The molecular weight excluding hydrogens is 306 g/mol. The van der Waals surface area contributed by atoms with Gasteiger partial charge in [-0.25, -0.2) is 4.79 Å². The molecule has 0 radical (unpaired) electrons. The number of hydrogen-bond donors (Lipinski definition) is 2. The van der Waals surface area contributed by atoms with Crippen LogP contribution in [0.4, 0.5) is 0 Å². The van der Waals surface area contributed by atoms with E-state index in [1.165, 1.54) is 7.11 Å². The van der Waals surface area contributed by atoms with Crippen molar-refractivity contribution >= 4 is 11.9 Å². The summed E-state index contributed by atoms with van der Waals surface area (Å²) in [6.45, 7) is 1.96. The Labute approximate surface area is 141 Å². The van der Waals surface area contributed by atoms with Gasteiger partial charge >= 0.3 is 5.97 Å². The van der Waals surface area contributed by atoms with Gasteiger partial charge in [0.1, 0.15) is 6.04 Å². The van der Waals surface area contributed by atoms with Gasteiger partial charge in [0.15, 0.2) is 6.10 Å². The first-order chi connectivity index (χ1) is 11.5. The van der Waals surface area contributed by atoms with E-state index < -0.39 is 24.0 Å². The Hall–Kier alpha value is -2.66. The molecule has 0 aliphatic rings. The van der Waals surface area contributed by atoms with Crippen LogP contribution in [0.15, 0.2) is 54.6 Å². The molecule has 2 atom stereocenters. The number of methoxy groups -OCH3 is 1.